The van der Waals surface area contributed by atoms with Gasteiger partial charge in [0.05, 0.1) is 0 Å². The molecule has 0 rings (SSSR count). The molecule has 0 aromatic rings. The average molecular weight is 178 g/mol. The van der Waals surface area contributed by atoms with Gasteiger partial charge >= 0.3 is 0 Å². The summed E-state index contributed by atoms with van der Waals surface area (Å²) in [6.07, 6.45) is 1.96. The third-order valence-electron chi connectivity index (χ3n) is 1.30. The van der Waals surface area contributed by atoms with Crippen LogP contribution in [0.1, 0.15) is 27.2 Å². The Bertz CT molecular complexity index is 234. The minimum Gasteiger partial charge on any atom is -0.285 e. The van der Waals surface area contributed by atoms with Gasteiger partial charge in [0.1, 0.15) is 5.25 Å². The van der Waals surface area contributed by atoms with Crippen molar-refractivity contribution in [2.24, 2.45) is 0 Å². The zero-order valence-corrected chi connectivity index (χ0v) is 7.85. The van der Waals surface area contributed by atoms with E-state index in [9.17, 15) is 8.42 Å². The Balaban J connectivity index is 4.58. The summed E-state index contributed by atoms with van der Waals surface area (Å²) in [5, 5.41) is -0.743. The van der Waals surface area contributed by atoms with Crippen LogP contribution in [0.5, 0.6) is 0 Å². The number of allylic oxidation sites excluding steroid dienone is 1. The SMILES string of the molecule is CCC(C=C(C)C)S(=O)(=O)O. The predicted octanol–water partition coefficient (Wildman–Crippen LogP) is 1.62. The summed E-state index contributed by atoms with van der Waals surface area (Å²) in [6, 6.07) is 0. The van der Waals surface area contributed by atoms with Gasteiger partial charge < -0.3 is 0 Å². The van der Waals surface area contributed by atoms with Gasteiger partial charge in [-0.1, -0.05) is 18.6 Å². The molecule has 1 unspecified atom stereocenters. The molecule has 0 aliphatic rings. The molecule has 1 N–H and O–H groups in total. The largest absolute Gasteiger partial charge is 0.285 e. The van der Waals surface area contributed by atoms with Crippen LogP contribution in [0.4, 0.5) is 0 Å². The molecule has 0 heterocycles. The van der Waals surface area contributed by atoms with Crippen LogP contribution in [-0.2, 0) is 10.1 Å². The summed E-state index contributed by atoms with van der Waals surface area (Å²) < 4.78 is 29.9. The molecule has 1 atom stereocenters. The van der Waals surface area contributed by atoms with Gasteiger partial charge in [-0.25, -0.2) is 0 Å². The Morgan fingerprint density at radius 1 is 1.55 bits per heavy atom. The van der Waals surface area contributed by atoms with Gasteiger partial charge in [-0.15, -0.1) is 0 Å². The highest BCUT2D eigenvalue weighted by Gasteiger charge is 2.17. The Hall–Kier alpha value is -0.350. The van der Waals surface area contributed by atoms with E-state index in [1.54, 1.807) is 26.8 Å². The lowest BCUT2D eigenvalue weighted by Gasteiger charge is -2.05. The molecular weight excluding hydrogens is 164 g/mol. The van der Waals surface area contributed by atoms with E-state index in [1.807, 2.05) is 0 Å². The number of hydrogen-bond donors (Lipinski definition) is 1. The van der Waals surface area contributed by atoms with Crippen molar-refractivity contribution in [2.75, 3.05) is 0 Å². The summed E-state index contributed by atoms with van der Waals surface area (Å²) in [5.74, 6) is 0. The molecule has 0 aromatic carbocycles. The fourth-order valence-corrected chi connectivity index (χ4v) is 1.65. The van der Waals surface area contributed by atoms with E-state index in [-0.39, 0.29) is 0 Å². The van der Waals surface area contributed by atoms with E-state index in [0.717, 1.165) is 5.57 Å². The second-order valence-electron chi connectivity index (χ2n) is 2.71. The molecule has 11 heavy (non-hydrogen) atoms. The topological polar surface area (TPSA) is 54.4 Å². The summed E-state index contributed by atoms with van der Waals surface area (Å²) >= 11 is 0. The van der Waals surface area contributed by atoms with E-state index in [4.69, 9.17) is 4.55 Å². The molecular formula is C7H14O3S. The van der Waals surface area contributed by atoms with Gasteiger partial charge in [-0.2, -0.15) is 8.42 Å². The van der Waals surface area contributed by atoms with Crippen LogP contribution in [0.15, 0.2) is 11.6 Å². The summed E-state index contributed by atoms with van der Waals surface area (Å²) in [4.78, 5) is 0. The minimum atomic E-state index is -3.89. The first-order chi connectivity index (χ1) is 4.88. The van der Waals surface area contributed by atoms with Crippen LogP contribution < -0.4 is 0 Å². The molecule has 0 spiro atoms. The standard InChI is InChI=1S/C7H14O3S/c1-4-7(5-6(2)3)11(8,9)10/h5,7H,4H2,1-3H3,(H,8,9,10). The zero-order valence-electron chi connectivity index (χ0n) is 7.03. The van der Waals surface area contributed by atoms with Crippen molar-refractivity contribution < 1.29 is 13.0 Å². The van der Waals surface area contributed by atoms with E-state index in [1.165, 1.54) is 0 Å². The minimum absolute atomic E-state index is 0.407. The Kier molecular flexibility index (Phi) is 3.75. The summed E-state index contributed by atoms with van der Waals surface area (Å²) in [7, 11) is -3.89. The van der Waals surface area contributed by atoms with Gasteiger partial charge in [-0.05, 0) is 20.3 Å². The molecule has 0 aromatic heterocycles. The number of rotatable bonds is 3. The first-order valence-corrected chi connectivity index (χ1v) is 4.99. The maximum Gasteiger partial charge on any atom is 0.271 e. The first-order valence-electron chi connectivity index (χ1n) is 3.49. The molecule has 0 bridgehead atoms. The van der Waals surface area contributed by atoms with Crippen LogP contribution in [0.25, 0.3) is 0 Å². The lowest BCUT2D eigenvalue weighted by atomic mass is 10.2. The van der Waals surface area contributed by atoms with Crippen molar-refractivity contribution in [3.63, 3.8) is 0 Å². The van der Waals surface area contributed by atoms with Crippen molar-refractivity contribution >= 4 is 10.1 Å². The average Bonchev–Trinajstić information content (AvgIpc) is 1.79. The third-order valence-corrected chi connectivity index (χ3v) is 2.54. The van der Waals surface area contributed by atoms with E-state index < -0.39 is 15.4 Å². The molecule has 0 saturated heterocycles. The van der Waals surface area contributed by atoms with Gasteiger partial charge in [0.15, 0.2) is 0 Å². The van der Waals surface area contributed by atoms with Crippen molar-refractivity contribution in [1.29, 1.82) is 0 Å². The fraction of sp³-hybridized carbons (Fsp3) is 0.714. The Morgan fingerprint density at radius 2 is 2.00 bits per heavy atom. The number of hydrogen-bond acceptors (Lipinski definition) is 2. The van der Waals surface area contributed by atoms with E-state index >= 15 is 0 Å². The molecule has 0 saturated carbocycles. The monoisotopic (exact) mass is 178 g/mol. The highest BCUT2D eigenvalue weighted by atomic mass is 32.2. The molecule has 0 aliphatic heterocycles. The van der Waals surface area contributed by atoms with E-state index in [2.05, 4.69) is 0 Å². The smallest absolute Gasteiger partial charge is 0.271 e. The van der Waals surface area contributed by atoms with Crippen molar-refractivity contribution in [3.05, 3.63) is 11.6 Å². The molecule has 0 fully saturated rings. The molecule has 0 amide bonds. The highest BCUT2D eigenvalue weighted by molar-refractivity contribution is 7.86. The highest BCUT2D eigenvalue weighted by Crippen LogP contribution is 2.07. The van der Waals surface area contributed by atoms with Crippen LogP contribution in [-0.4, -0.2) is 18.2 Å². The van der Waals surface area contributed by atoms with E-state index in [0.29, 0.717) is 6.42 Å². The molecule has 3 nitrogen and oxygen atoms in total. The third kappa shape index (κ3) is 4.16. The first kappa shape index (κ1) is 10.7. The quantitative estimate of drug-likeness (QED) is 0.527. The lowest BCUT2D eigenvalue weighted by Crippen LogP contribution is -2.16. The molecule has 4 heteroatoms. The Morgan fingerprint density at radius 3 is 2.09 bits per heavy atom. The summed E-state index contributed by atoms with van der Waals surface area (Å²) in [5.41, 5.74) is 0.898. The van der Waals surface area contributed by atoms with Crippen molar-refractivity contribution in [2.45, 2.75) is 32.4 Å². The van der Waals surface area contributed by atoms with Gasteiger partial charge in [0, 0.05) is 0 Å². The summed E-state index contributed by atoms with van der Waals surface area (Å²) in [6.45, 7) is 5.32. The van der Waals surface area contributed by atoms with Gasteiger partial charge in [0.25, 0.3) is 10.1 Å². The second-order valence-corrected chi connectivity index (χ2v) is 4.34. The predicted molar refractivity (Wildman–Crippen MR) is 45.1 cm³/mol. The van der Waals surface area contributed by atoms with Crippen LogP contribution in [0.3, 0.4) is 0 Å². The maximum atomic E-state index is 10.6. The van der Waals surface area contributed by atoms with Crippen molar-refractivity contribution in [1.82, 2.24) is 0 Å². The molecule has 0 radical (unpaired) electrons. The zero-order chi connectivity index (χ0) is 9.07. The van der Waals surface area contributed by atoms with Crippen LogP contribution in [0, 0.1) is 0 Å². The maximum absolute atomic E-state index is 10.6. The second kappa shape index (κ2) is 3.88. The van der Waals surface area contributed by atoms with Crippen molar-refractivity contribution in [3.8, 4) is 0 Å². The van der Waals surface area contributed by atoms with Crippen LogP contribution in [0.2, 0.25) is 0 Å². The lowest BCUT2D eigenvalue weighted by molar-refractivity contribution is 0.473. The van der Waals surface area contributed by atoms with Crippen LogP contribution >= 0.6 is 0 Å². The normalized spacial score (nSPS) is 14.2. The van der Waals surface area contributed by atoms with Gasteiger partial charge in [-0.3, -0.25) is 4.55 Å². The van der Waals surface area contributed by atoms with Gasteiger partial charge in [0.2, 0.25) is 0 Å². The molecule has 66 valence electrons. The Labute approximate surface area is 67.9 Å². The fourth-order valence-electron chi connectivity index (χ4n) is 0.786. The molecule has 0 aliphatic carbocycles.